The Bertz CT molecular complexity index is 1070. The van der Waals surface area contributed by atoms with Crippen molar-refractivity contribution in [3.05, 3.63) is 76.5 Å². The molecule has 3 aromatic rings. The first kappa shape index (κ1) is 19.4. The van der Waals surface area contributed by atoms with Crippen molar-refractivity contribution in [2.24, 2.45) is 0 Å². The number of hydrogen-bond acceptors (Lipinski definition) is 4. The van der Waals surface area contributed by atoms with Crippen LogP contribution in [0.15, 0.2) is 59.5 Å². The highest BCUT2D eigenvalue weighted by atomic mass is 32.1. The van der Waals surface area contributed by atoms with E-state index in [1.165, 1.54) is 18.3 Å². The van der Waals surface area contributed by atoms with E-state index in [0.29, 0.717) is 10.8 Å². The number of aromatic nitrogens is 2. The molecular formula is C19H18FN5O2S. The summed E-state index contributed by atoms with van der Waals surface area (Å²) in [6.45, 7) is 1.59. The van der Waals surface area contributed by atoms with Crippen LogP contribution in [0.4, 0.5) is 4.39 Å². The maximum atomic E-state index is 13.0. The molecule has 28 heavy (non-hydrogen) atoms. The topological polar surface area (TPSA) is 88.0 Å². The van der Waals surface area contributed by atoms with Crippen LogP contribution in [0.1, 0.15) is 18.5 Å². The fraction of sp³-hybridized carbons (Fsp3) is 0.158. The molecule has 0 aliphatic carbocycles. The van der Waals surface area contributed by atoms with E-state index >= 15 is 0 Å². The fourth-order valence-corrected chi connectivity index (χ4v) is 2.84. The summed E-state index contributed by atoms with van der Waals surface area (Å²) in [5.41, 5.74) is 5.48. The number of hydrogen-bond donors (Lipinski definition) is 3. The highest BCUT2D eigenvalue weighted by Crippen LogP contribution is 2.12. The molecule has 1 unspecified atom stereocenters. The highest BCUT2D eigenvalue weighted by molar-refractivity contribution is 7.80. The Morgan fingerprint density at radius 2 is 1.89 bits per heavy atom. The van der Waals surface area contributed by atoms with Crippen LogP contribution in [-0.2, 0) is 11.3 Å². The summed E-state index contributed by atoms with van der Waals surface area (Å²) in [6, 6.07) is 12.8. The van der Waals surface area contributed by atoms with Crippen LogP contribution in [-0.4, -0.2) is 20.8 Å². The summed E-state index contributed by atoms with van der Waals surface area (Å²) < 4.78 is 14.1. The Morgan fingerprint density at radius 3 is 2.64 bits per heavy atom. The van der Waals surface area contributed by atoms with Gasteiger partial charge in [-0.15, -0.1) is 0 Å². The van der Waals surface area contributed by atoms with Gasteiger partial charge < -0.3 is 5.32 Å². The van der Waals surface area contributed by atoms with Crippen molar-refractivity contribution in [3.8, 4) is 0 Å². The normalized spacial score (nSPS) is 11.6. The zero-order valence-electron chi connectivity index (χ0n) is 15.0. The molecule has 1 aromatic heterocycles. The lowest BCUT2D eigenvalue weighted by molar-refractivity contribution is -0.122. The van der Waals surface area contributed by atoms with E-state index in [4.69, 9.17) is 12.2 Å². The first-order valence-electron chi connectivity index (χ1n) is 8.50. The van der Waals surface area contributed by atoms with Crippen molar-refractivity contribution in [1.29, 1.82) is 0 Å². The van der Waals surface area contributed by atoms with E-state index in [2.05, 4.69) is 21.3 Å². The third-order valence-electron chi connectivity index (χ3n) is 4.09. The van der Waals surface area contributed by atoms with Crippen LogP contribution in [0.2, 0.25) is 0 Å². The number of fused-ring (bicyclic) bond motifs is 1. The number of halogens is 1. The lowest BCUT2D eigenvalue weighted by Gasteiger charge is -2.17. The van der Waals surface area contributed by atoms with Gasteiger partial charge >= 0.3 is 0 Å². The molecule has 1 atom stereocenters. The van der Waals surface area contributed by atoms with Crippen molar-refractivity contribution in [1.82, 2.24) is 25.9 Å². The smallest absolute Gasteiger partial charge is 0.275 e. The SMILES string of the molecule is CC(NC(=S)NNC(=O)Cn1ncc2ccccc2c1=O)c1ccc(F)cc1. The van der Waals surface area contributed by atoms with E-state index < -0.39 is 5.91 Å². The van der Waals surface area contributed by atoms with Crippen LogP contribution >= 0.6 is 12.2 Å². The number of rotatable bonds is 4. The van der Waals surface area contributed by atoms with Crippen LogP contribution in [0.25, 0.3) is 10.8 Å². The molecule has 7 nitrogen and oxygen atoms in total. The van der Waals surface area contributed by atoms with Gasteiger partial charge in [-0.05, 0) is 42.9 Å². The Balaban J connectivity index is 1.54. The van der Waals surface area contributed by atoms with Crippen LogP contribution in [0.5, 0.6) is 0 Å². The Labute approximate surface area is 165 Å². The third-order valence-corrected chi connectivity index (χ3v) is 4.31. The summed E-state index contributed by atoms with van der Waals surface area (Å²) >= 11 is 5.13. The summed E-state index contributed by atoms with van der Waals surface area (Å²) in [6.07, 6.45) is 1.54. The second-order valence-corrected chi connectivity index (χ2v) is 6.52. The molecule has 1 heterocycles. The van der Waals surface area contributed by atoms with Gasteiger partial charge in [0.15, 0.2) is 5.11 Å². The number of nitrogens with zero attached hydrogens (tertiary/aromatic N) is 2. The van der Waals surface area contributed by atoms with E-state index in [9.17, 15) is 14.0 Å². The molecule has 0 fully saturated rings. The molecule has 3 rings (SSSR count). The van der Waals surface area contributed by atoms with Gasteiger partial charge in [-0.25, -0.2) is 9.07 Å². The third kappa shape index (κ3) is 4.68. The minimum atomic E-state index is -0.483. The Kier molecular flexibility index (Phi) is 5.95. The maximum Gasteiger partial charge on any atom is 0.275 e. The van der Waals surface area contributed by atoms with Crippen molar-refractivity contribution in [2.75, 3.05) is 0 Å². The molecular weight excluding hydrogens is 381 g/mol. The molecule has 0 radical (unpaired) electrons. The van der Waals surface area contributed by atoms with Crippen LogP contribution in [0, 0.1) is 5.82 Å². The summed E-state index contributed by atoms with van der Waals surface area (Å²) in [4.78, 5) is 24.5. The highest BCUT2D eigenvalue weighted by Gasteiger charge is 2.10. The monoisotopic (exact) mass is 399 g/mol. The molecule has 3 N–H and O–H groups in total. The van der Waals surface area contributed by atoms with Gasteiger partial charge in [-0.3, -0.25) is 20.4 Å². The standard InChI is InChI=1S/C19H18FN5O2S/c1-12(13-6-8-15(20)9-7-13)22-19(28)24-23-17(26)11-25-18(27)16-5-3-2-4-14(16)10-21-25/h2-10,12H,11H2,1H3,(H,23,26)(H2,22,24,28). The van der Waals surface area contributed by atoms with Crippen molar-refractivity contribution in [2.45, 2.75) is 19.5 Å². The molecule has 144 valence electrons. The molecule has 1 amide bonds. The predicted octanol–water partition coefficient (Wildman–Crippen LogP) is 1.79. The molecule has 2 aromatic carbocycles. The Morgan fingerprint density at radius 1 is 1.18 bits per heavy atom. The molecule has 0 aliphatic rings. The summed E-state index contributed by atoms with van der Waals surface area (Å²) in [5, 5.41) is 8.36. The lowest BCUT2D eigenvalue weighted by Crippen LogP contribution is -2.48. The van der Waals surface area contributed by atoms with E-state index in [1.807, 2.05) is 13.0 Å². The van der Waals surface area contributed by atoms with E-state index in [1.54, 1.807) is 30.3 Å². The number of hydrazine groups is 1. The van der Waals surface area contributed by atoms with Gasteiger partial charge in [0.2, 0.25) is 0 Å². The Hall–Kier alpha value is -3.33. The second-order valence-electron chi connectivity index (χ2n) is 6.11. The fourth-order valence-electron chi connectivity index (χ4n) is 2.61. The van der Waals surface area contributed by atoms with Gasteiger partial charge in [0.1, 0.15) is 12.4 Å². The average Bonchev–Trinajstić information content (AvgIpc) is 2.69. The van der Waals surface area contributed by atoms with Gasteiger partial charge in [0.25, 0.3) is 11.5 Å². The van der Waals surface area contributed by atoms with E-state index in [0.717, 1.165) is 10.2 Å². The first-order valence-corrected chi connectivity index (χ1v) is 8.90. The van der Waals surface area contributed by atoms with Gasteiger partial charge in [-0.2, -0.15) is 5.10 Å². The van der Waals surface area contributed by atoms with Gasteiger partial charge in [0.05, 0.1) is 17.6 Å². The van der Waals surface area contributed by atoms with Crippen molar-refractivity contribution in [3.63, 3.8) is 0 Å². The predicted molar refractivity (Wildman–Crippen MR) is 108 cm³/mol. The molecule has 9 heteroatoms. The van der Waals surface area contributed by atoms with Gasteiger partial charge in [0, 0.05) is 5.39 Å². The molecule has 0 saturated heterocycles. The van der Waals surface area contributed by atoms with Crippen molar-refractivity contribution < 1.29 is 9.18 Å². The number of carbonyl (C=O) groups excluding carboxylic acids is 1. The molecule has 0 aliphatic heterocycles. The number of amides is 1. The number of thiocarbonyl (C=S) groups is 1. The lowest BCUT2D eigenvalue weighted by atomic mass is 10.1. The second kappa shape index (κ2) is 8.57. The molecule has 0 bridgehead atoms. The zero-order valence-corrected chi connectivity index (χ0v) is 15.8. The number of benzene rings is 2. The summed E-state index contributed by atoms with van der Waals surface area (Å²) in [7, 11) is 0. The quantitative estimate of drug-likeness (QED) is 0.458. The van der Waals surface area contributed by atoms with Crippen LogP contribution < -0.4 is 21.7 Å². The molecule has 0 saturated carbocycles. The maximum absolute atomic E-state index is 13.0. The largest absolute Gasteiger partial charge is 0.355 e. The van der Waals surface area contributed by atoms with Crippen molar-refractivity contribution >= 4 is 34.0 Å². The first-order chi connectivity index (χ1) is 13.4. The minimum absolute atomic E-state index is 0.184. The zero-order chi connectivity index (χ0) is 20.1. The van der Waals surface area contributed by atoms with Crippen LogP contribution in [0.3, 0.4) is 0 Å². The molecule has 0 spiro atoms. The number of carbonyl (C=O) groups is 1. The minimum Gasteiger partial charge on any atom is -0.355 e. The average molecular weight is 399 g/mol. The van der Waals surface area contributed by atoms with Gasteiger partial charge in [-0.1, -0.05) is 30.3 Å². The summed E-state index contributed by atoms with van der Waals surface area (Å²) in [5.74, 6) is -0.801. The van der Waals surface area contributed by atoms with E-state index in [-0.39, 0.29) is 29.1 Å². The number of nitrogens with one attached hydrogen (secondary N) is 3.